The molecule has 3 aromatic rings. The fourth-order valence-corrected chi connectivity index (χ4v) is 3.28. The molecule has 0 spiro atoms. The largest absolute Gasteiger partial charge is 0.458 e. The van der Waals surface area contributed by atoms with Crippen molar-refractivity contribution in [1.29, 1.82) is 0 Å². The normalized spacial score (nSPS) is 12.8. The summed E-state index contributed by atoms with van der Waals surface area (Å²) in [4.78, 5) is 29.3. The first-order valence-corrected chi connectivity index (χ1v) is 10.1. The Morgan fingerprint density at radius 3 is 2.56 bits per heavy atom. The molecule has 0 amide bonds. The fraction of sp³-hybridized carbons (Fsp3) is 0.318. The van der Waals surface area contributed by atoms with E-state index in [9.17, 15) is 22.8 Å². The van der Waals surface area contributed by atoms with E-state index in [-0.39, 0.29) is 34.5 Å². The molecule has 0 aliphatic rings. The highest BCUT2D eigenvalue weighted by Crippen LogP contribution is 2.34. The monoisotopic (exact) mass is 467 g/mol. The molecule has 3 rings (SSSR count). The molecule has 2 aromatic heterocycles. The van der Waals surface area contributed by atoms with Crippen molar-refractivity contribution in [2.75, 3.05) is 5.32 Å². The third kappa shape index (κ3) is 5.40. The van der Waals surface area contributed by atoms with Crippen LogP contribution >= 0.6 is 11.6 Å². The number of pyridine rings is 1. The number of fused-ring (bicyclic) bond motifs is 1. The van der Waals surface area contributed by atoms with Gasteiger partial charge in [0.25, 0.3) is 5.56 Å². The number of benzene rings is 1. The maximum atomic E-state index is 12.8. The molecule has 0 saturated heterocycles. The van der Waals surface area contributed by atoms with Gasteiger partial charge in [-0.2, -0.15) is 13.2 Å². The predicted molar refractivity (Wildman–Crippen MR) is 115 cm³/mol. The predicted octanol–water partition coefficient (Wildman–Crippen LogP) is 4.86. The lowest BCUT2D eigenvalue weighted by Gasteiger charge is -2.23. The van der Waals surface area contributed by atoms with Crippen molar-refractivity contribution in [3.63, 3.8) is 0 Å². The summed E-state index contributed by atoms with van der Waals surface area (Å²) in [6.45, 7) is 5.12. The molecule has 10 heteroatoms. The average molecular weight is 468 g/mol. The van der Waals surface area contributed by atoms with Gasteiger partial charge in [-0.3, -0.25) is 9.20 Å². The number of anilines is 1. The zero-order valence-corrected chi connectivity index (χ0v) is 18.3. The minimum atomic E-state index is -4.52. The van der Waals surface area contributed by atoms with E-state index in [2.05, 4.69) is 10.3 Å². The molecule has 32 heavy (non-hydrogen) atoms. The first-order chi connectivity index (χ1) is 15.0. The minimum absolute atomic E-state index is 0.169. The van der Waals surface area contributed by atoms with E-state index in [4.69, 9.17) is 16.3 Å². The number of halogens is 4. The Hall–Kier alpha value is -3.07. The summed E-state index contributed by atoms with van der Waals surface area (Å²) in [5.74, 6) is -0.916. The van der Waals surface area contributed by atoms with Crippen molar-refractivity contribution in [1.82, 2.24) is 9.38 Å². The molecule has 0 bridgehead atoms. The molecule has 0 fully saturated rings. The Morgan fingerprint density at radius 2 is 1.94 bits per heavy atom. The number of ether oxygens (including phenoxy) is 1. The van der Waals surface area contributed by atoms with Crippen molar-refractivity contribution >= 4 is 28.9 Å². The summed E-state index contributed by atoms with van der Waals surface area (Å²) in [7, 11) is 0. The number of carbonyl (C=O) groups is 1. The zero-order valence-electron chi connectivity index (χ0n) is 17.5. The van der Waals surface area contributed by atoms with Gasteiger partial charge in [-0.25, -0.2) is 9.78 Å². The van der Waals surface area contributed by atoms with Crippen LogP contribution in [0.3, 0.4) is 0 Å². The lowest BCUT2D eigenvalue weighted by atomic mass is 10.0. The van der Waals surface area contributed by atoms with Crippen LogP contribution < -0.4 is 10.9 Å². The van der Waals surface area contributed by atoms with Crippen molar-refractivity contribution in [2.24, 2.45) is 5.92 Å². The van der Waals surface area contributed by atoms with Crippen LogP contribution in [0.25, 0.3) is 5.65 Å². The summed E-state index contributed by atoms with van der Waals surface area (Å²) in [6.07, 6.45) is -2.87. The van der Waals surface area contributed by atoms with Crippen LogP contribution in [0.5, 0.6) is 0 Å². The number of esters is 1. The molecule has 0 radical (unpaired) electrons. The van der Waals surface area contributed by atoms with E-state index in [1.54, 1.807) is 26.1 Å². The van der Waals surface area contributed by atoms with Gasteiger partial charge in [0.05, 0.1) is 22.0 Å². The number of nitrogens with one attached hydrogen (secondary N) is 1. The molecule has 0 saturated carbocycles. The van der Waals surface area contributed by atoms with Gasteiger partial charge < -0.3 is 10.1 Å². The van der Waals surface area contributed by atoms with Gasteiger partial charge in [-0.05, 0) is 42.7 Å². The molecule has 2 heterocycles. The highest BCUT2D eigenvalue weighted by atomic mass is 35.5. The molecule has 0 aliphatic carbocycles. The van der Waals surface area contributed by atoms with Gasteiger partial charge in [0.2, 0.25) is 0 Å². The van der Waals surface area contributed by atoms with E-state index in [0.29, 0.717) is 5.65 Å². The summed E-state index contributed by atoms with van der Waals surface area (Å²) < 4.78 is 45.3. The standard InChI is InChI=1S/C22H21ClF3N3O3/c1-12(2)20(28-17-6-5-14(8-16(17)23)22(24,25)26)21(31)32-11-15-9-19(30)29-10-13(3)4-7-18(29)27-15/h4-10,12,20,28H,11H2,1-3H3. The van der Waals surface area contributed by atoms with Crippen LogP contribution in [0.2, 0.25) is 5.02 Å². The molecule has 170 valence electrons. The second-order valence-corrected chi connectivity index (χ2v) is 8.09. The summed E-state index contributed by atoms with van der Waals surface area (Å²) in [5, 5.41) is 2.68. The lowest BCUT2D eigenvalue weighted by molar-refractivity contribution is -0.147. The number of hydrogen-bond acceptors (Lipinski definition) is 5. The first kappa shape index (κ1) is 23.6. The second-order valence-electron chi connectivity index (χ2n) is 7.69. The summed E-state index contributed by atoms with van der Waals surface area (Å²) in [6, 6.07) is 6.74. The first-order valence-electron chi connectivity index (χ1n) is 9.74. The Kier molecular flexibility index (Phi) is 6.78. The van der Waals surface area contributed by atoms with E-state index >= 15 is 0 Å². The Labute approximate surface area is 187 Å². The Morgan fingerprint density at radius 1 is 1.22 bits per heavy atom. The highest BCUT2D eigenvalue weighted by Gasteiger charge is 2.31. The Bertz CT molecular complexity index is 1210. The van der Waals surface area contributed by atoms with Crippen LogP contribution in [0.15, 0.2) is 47.4 Å². The molecule has 1 aromatic carbocycles. The molecule has 0 aliphatic heterocycles. The second kappa shape index (κ2) is 9.20. The molecular weight excluding hydrogens is 447 g/mol. The van der Waals surface area contributed by atoms with Gasteiger partial charge in [-0.15, -0.1) is 0 Å². The van der Waals surface area contributed by atoms with Crippen molar-refractivity contribution in [3.8, 4) is 0 Å². The molecule has 1 N–H and O–H groups in total. The lowest BCUT2D eigenvalue weighted by Crippen LogP contribution is -2.36. The highest BCUT2D eigenvalue weighted by molar-refractivity contribution is 6.33. The van der Waals surface area contributed by atoms with Gasteiger partial charge in [0, 0.05) is 12.3 Å². The number of carbonyl (C=O) groups excluding carboxylic acids is 1. The fourth-order valence-electron chi connectivity index (χ4n) is 3.04. The van der Waals surface area contributed by atoms with E-state index in [1.807, 2.05) is 13.0 Å². The number of hydrogen-bond donors (Lipinski definition) is 1. The van der Waals surface area contributed by atoms with Gasteiger partial charge in [0.1, 0.15) is 18.3 Å². The quantitative estimate of drug-likeness (QED) is 0.524. The van der Waals surface area contributed by atoms with Crippen LogP contribution in [0, 0.1) is 12.8 Å². The molecular formula is C22H21ClF3N3O3. The average Bonchev–Trinajstić information content (AvgIpc) is 2.70. The van der Waals surface area contributed by atoms with Crippen LogP contribution in [0.1, 0.15) is 30.7 Å². The van der Waals surface area contributed by atoms with Crippen LogP contribution in [-0.2, 0) is 22.3 Å². The number of aryl methyl sites for hydroxylation is 1. The zero-order chi connectivity index (χ0) is 23.6. The van der Waals surface area contributed by atoms with Crippen molar-refractivity contribution in [2.45, 2.75) is 39.6 Å². The number of nitrogens with zero attached hydrogens (tertiary/aromatic N) is 2. The molecule has 6 nitrogen and oxygen atoms in total. The van der Waals surface area contributed by atoms with Gasteiger partial charge >= 0.3 is 12.1 Å². The number of alkyl halides is 3. The summed E-state index contributed by atoms with van der Waals surface area (Å²) in [5.41, 5.74) is 0.577. The van der Waals surface area contributed by atoms with Crippen molar-refractivity contribution in [3.05, 3.63) is 74.8 Å². The van der Waals surface area contributed by atoms with E-state index in [0.717, 1.165) is 17.7 Å². The van der Waals surface area contributed by atoms with Crippen molar-refractivity contribution < 1.29 is 22.7 Å². The van der Waals surface area contributed by atoms with Crippen LogP contribution in [-0.4, -0.2) is 21.4 Å². The maximum Gasteiger partial charge on any atom is 0.416 e. The number of rotatable bonds is 6. The van der Waals surface area contributed by atoms with E-state index in [1.165, 1.54) is 16.5 Å². The molecule has 1 unspecified atom stereocenters. The Balaban J connectivity index is 1.74. The van der Waals surface area contributed by atoms with Crippen LogP contribution in [0.4, 0.5) is 18.9 Å². The van der Waals surface area contributed by atoms with Gasteiger partial charge in [-0.1, -0.05) is 31.5 Å². The smallest absolute Gasteiger partial charge is 0.416 e. The van der Waals surface area contributed by atoms with Gasteiger partial charge in [0.15, 0.2) is 0 Å². The van der Waals surface area contributed by atoms with E-state index < -0.39 is 23.8 Å². The third-order valence-corrected chi connectivity index (χ3v) is 5.06. The maximum absolute atomic E-state index is 12.8. The third-order valence-electron chi connectivity index (χ3n) is 4.75. The minimum Gasteiger partial charge on any atom is -0.458 e. The summed E-state index contributed by atoms with van der Waals surface area (Å²) >= 11 is 5.98. The topological polar surface area (TPSA) is 72.7 Å². The SMILES string of the molecule is Cc1ccc2nc(COC(=O)C(Nc3ccc(C(F)(F)F)cc3Cl)C(C)C)cc(=O)n2c1. The number of aromatic nitrogens is 2. The molecule has 1 atom stereocenters.